The van der Waals surface area contributed by atoms with Crippen LogP contribution in [0.25, 0.3) is 44.5 Å². The van der Waals surface area contributed by atoms with Crippen molar-refractivity contribution in [3.05, 3.63) is 300 Å². The molecular formula is C72H57BrSi2. The second kappa shape index (κ2) is 18.3. The molecule has 0 saturated carbocycles. The smallest absolute Gasteiger partial charge is 0.0623 e. The Morgan fingerprint density at radius 2 is 0.493 bits per heavy atom. The van der Waals surface area contributed by atoms with Gasteiger partial charge in [0.15, 0.2) is 16.1 Å². The van der Waals surface area contributed by atoms with Crippen LogP contribution in [0, 0.1) is 0 Å². The fourth-order valence-electron chi connectivity index (χ4n) is 13.4. The summed E-state index contributed by atoms with van der Waals surface area (Å²) in [6.07, 6.45) is 0. The van der Waals surface area contributed by atoms with E-state index in [9.17, 15) is 0 Å². The van der Waals surface area contributed by atoms with Crippen molar-refractivity contribution in [3.8, 4) is 44.5 Å². The Labute approximate surface area is 453 Å². The lowest BCUT2D eigenvalue weighted by atomic mass is 9.81. The molecule has 0 aliphatic heterocycles. The maximum Gasteiger partial charge on any atom is 0.179 e. The highest BCUT2D eigenvalue weighted by atomic mass is 79.9. The quantitative estimate of drug-likeness (QED) is 0.0946. The lowest BCUT2D eigenvalue weighted by Gasteiger charge is -2.35. The van der Waals surface area contributed by atoms with Crippen LogP contribution < -0.4 is 41.5 Å². The predicted molar refractivity (Wildman–Crippen MR) is 327 cm³/mol. The Morgan fingerprint density at radius 1 is 0.240 bits per heavy atom. The maximum absolute atomic E-state index is 4.00. The molecule has 11 aromatic carbocycles. The molecule has 0 heterocycles. The van der Waals surface area contributed by atoms with Crippen molar-refractivity contribution in [2.75, 3.05) is 0 Å². The van der Waals surface area contributed by atoms with Gasteiger partial charge in [0.05, 0.1) is 0 Å². The van der Waals surface area contributed by atoms with Crippen LogP contribution in [-0.2, 0) is 10.8 Å². The van der Waals surface area contributed by atoms with Gasteiger partial charge in [-0.2, -0.15) is 0 Å². The van der Waals surface area contributed by atoms with Crippen molar-refractivity contribution in [2.45, 2.75) is 38.5 Å². The SMILES string of the molecule is CC1(C)c2cc(-c3cc(Br)cc(-c4ccc5c(c4)C(C)(C)c4cc([Si](c6ccccc6)(c6ccccc6)c6ccccc6)ccc4-5)c3)ccc2-c2ccc([Si](c3ccccc3)(c3ccccc3)c3ccccc3)cc21. The van der Waals surface area contributed by atoms with Gasteiger partial charge in [-0.1, -0.05) is 286 Å². The van der Waals surface area contributed by atoms with Gasteiger partial charge in [-0.15, -0.1) is 0 Å². The molecule has 360 valence electrons. The van der Waals surface area contributed by atoms with Gasteiger partial charge in [-0.3, -0.25) is 0 Å². The van der Waals surface area contributed by atoms with E-state index in [1.165, 1.54) is 108 Å². The van der Waals surface area contributed by atoms with Crippen LogP contribution >= 0.6 is 15.9 Å². The summed E-state index contributed by atoms with van der Waals surface area (Å²) in [5, 5.41) is 11.2. The van der Waals surface area contributed by atoms with Gasteiger partial charge < -0.3 is 0 Å². The summed E-state index contributed by atoms with van der Waals surface area (Å²) in [6, 6.07) is 104. The van der Waals surface area contributed by atoms with Crippen molar-refractivity contribution >= 4 is 73.6 Å². The first-order valence-electron chi connectivity index (χ1n) is 26.3. The minimum atomic E-state index is -2.70. The monoisotopic (exact) mass is 1060 g/mol. The normalized spacial score (nSPS) is 13.9. The van der Waals surface area contributed by atoms with E-state index in [4.69, 9.17) is 0 Å². The number of benzene rings is 11. The van der Waals surface area contributed by atoms with Gasteiger partial charge in [-0.25, -0.2) is 0 Å². The summed E-state index contributed by atoms with van der Waals surface area (Å²) in [7, 11) is -5.41. The molecule has 0 amide bonds. The molecule has 75 heavy (non-hydrogen) atoms. The molecule has 0 spiro atoms. The molecule has 0 saturated heterocycles. The van der Waals surface area contributed by atoms with E-state index in [1.54, 1.807) is 0 Å². The van der Waals surface area contributed by atoms with Crippen LogP contribution in [0.15, 0.2) is 277 Å². The largest absolute Gasteiger partial charge is 0.179 e. The average molecular weight is 1060 g/mol. The summed E-state index contributed by atoms with van der Waals surface area (Å²) in [6.45, 7) is 9.70. The number of hydrogen-bond donors (Lipinski definition) is 0. The number of fused-ring (bicyclic) bond motifs is 6. The predicted octanol–water partition coefficient (Wildman–Crippen LogP) is 13.2. The van der Waals surface area contributed by atoms with Gasteiger partial charge >= 0.3 is 0 Å². The van der Waals surface area contributed by atoms with Crippen LogP contribution in [0.1, 0.15) is 49.9 Å². The van der Waals surface area contributed by atoms with Gasteiger partial charge in [0, 0.05) is 15.3 Å². The zero-order valence-corrected chi connectivity index (χ0v) is 46.4. The van der Waals surface area contributed by atoms with Crippen LogP contribution in [0.2, 0.25) is 0 Å². The summed E-state index contributed by atoms with van der Waals surface area (Å²) in [5.74, 6) is 0. The summed E-state index contributed by atoms with van der Waals surface area (Å²) in [4.78, 5) is 0. The van der Waals surface area contributed by atoms with Crippen molar-refractivity contribution in [3.63, 3.8) is 0 Å². The number of hydrogen-bond acceptors (Lipinski definition) is 0. The van der Waals surface area contributed by atoms with Gasteiger partial charge in [-0.05, 0) is 139 Å². The molecule has 0 fully saturated rings. The second-order valence-corrected chi connectivity index (χ2v) is 30.3. The third-order valence-electron chi connectivity index (χ3n) is 17.0. The standard InChI is InChI=1S/C72H57BrSi2/c1-71(2)67-46-50(35-39-63(67)65-41-37-61(48-69(65)71)74(55-23-11-5-12-24-55,56-25-13-6-14-26-56)57-27-15-7-16-28-57)52-43-53(45-54(73)44-52)51-36-40-64-66-42-38-62(49-70(66)72(3,4)68(64)47-51)75(58-29-17-8-18-30-58,59-31-19-9-20-32-59)60-33-21-10-22-34-60/h5-49H,1-4H3. The molecule has 13 rings (SSSR count). The zero-order valence-electron chi connectivity index (χ0n) is 42.9. The van der Waals surface area contributed by atoms with Crippen molar-refractivity contribution in [1.82, 2.24) is 0 Å². The fourth-order valence-corrected chi connectivity index (χ4v) is 23.4. The van der Waals surface area contributed by atoms with Gasteiger partial charge in [0.25, 0.3) is 0 Å². The molecule has 3 heteroatoms. The second-order valence-electron chi connectivity index (χ2n) is 21.7. The van der Waals surface area contributed by atoms with E-state index >= 15 is 0 Å². The molecule has 11 aromatic rings. The third-order valence-corrected chi connectivity index (χ3v) is 27.0. The van der Waals surface area contributed by atoms with E-state index in [2.05, 4.69) is 317 Å². The molecule has 0 bridgehead atoms. The highest BCUT2D eigenvalue weighted by Gasteiger charge is 2.46. The first-order chi connectivity index (χ1) is 36.6. The van der Waals surface area contributed by atoms with Crippen LogP contribution in [0.3, 0.4) is 0 Å². The minimum absolute atomic E-state index is 0.221. The van der Waals surface area contributed by atoms with Crippen molar-refractivity contribution in [1.29, 1.82) is 0 Å². The highest BCUT2D eigenvalue weighted by molar-refractivity contribution is 9.10. The molecule has 0 unspecified atom stereocenters. The third kappa shape index (κ3) is 7.42. The van der Waals surface area contributed by atoms with Gasteiger partial charge in [0.2, 0.25) is 0 Å². The van der Waals surface area contributed by atoms with E-state index in [-0.39, 0.29) is 10.8 Å². The van der Waals surface area contributed by atoms with E-state index in [0.29, 0.717) is 0 Å². The summed E-state index contributed by atoms with van der Waals surface area (Å²) < 4.78 is 1.07. The zero-order chi connectivity index (χ0) is 50.9. The molecule has 2 aliphatic rings. The van der Waals surface area contributed by atoms with Crippen molar-refractivity contribution < 1.29 is 0 Å². The lowest BCUT2D eigenvalue weighted by Crippen LogP contribution is -2.74. The average Bonchev–Trinajstić information content (AvgIpc) is 3.83. The molecular weight excluding hydrogens is 1000 g/mol. The van der Waals surface area contributed by atoms with E-state index in [0.717, 1.165) is 4.47 Å². The Balaban J connectivity index is 0.870. The van der Waals surface area contributed by atoms with Crippen LogP contribution in [0.4, 0.5) is 0 Å². The Morgan fingerprint density at radius 3 is 0.773 bits per heavy atom. The molecule has 0 radical (unpaired) electrons. The Bertz CT molecular complexity index is 3480. The molecule has 0 N–H and O–H groups in total. The maximum atomic E-state index is 4.00. The first-order valence-corrected chi connectivity index (χ1v) is 31.1. The topological polar surface area (TPSA) is 0 Å². The Kier molecular flexibility index (Phi) is 11.5. The summed E-state index contributed by atoms with van der Waals surface area (Å²) >= 11 is 4.00. The Hall–Kier alpha value is -7.67. The van der Waals surface area contributed by atoms with Crippen LogP contribution in [0.5, 0.6) is 0 Å². The number of halogens is 1. The molecule has 0 atom stereocenters. The highest BCUT2D eigenvalue weighted by Crippen LogP contribution is 2.51. The van der Waals surface area contributed by atoms with Crippen molar-refractivity contribution in [2.24, 2.45) is 0 Å². The fraction of sp³-hybridized carbons (Fsp3) is 0.0833. The van der Waals surface area contributed by atoms with Gasteiger partial charge in [0.1, 0.15) is 0 Å². The molecule has 2 aliphatic carbocycles. The van der Waals surface area contributed by atoms with E-state index < -0.39 is 16.1 Å². The van der Waals surface area contributed by atoms with Crippen LogP contribution in [-0.4, -0.2) is 16.1 Å². The first kappa shape index (κ1) is 47.1. The number of rotatable bonds is 10. The summed E-state index contributed by atoms with van der Waals surface area (Å²) in [5.41, 5.74) is 15.3. The lowest BCUT2D eigenvalue weighted by molar-refractivity contribution is 0.661. The van der Waals surface area contributed by atoms with E-state index in [1.807, 2.05) is 0 Å². The molecule has 0 aromatic heterocycles. The minimum Gasteiger partial charge on any atom is -0.0623 e. The molecule has 0 nitrogen and oxygen atoms in total.